The van der Waals surface area contributed by atoms with Crippen molar-refractivity contribution in [1.29, 1.82) is 0 Å². The van der Waals surface area contributed by atoms with Gasteiger partial charge >= 0.3 is 5.97 Å². The number of hydrogen-bond donors (Lipinski definition) is 0. The second-order valence-corrected chi connectivity index (χ2v) is 4.35. The number of amides is 1. The molecule has 0 saturated carbocycles. The molecule has 1 aromatic heterocycles. The molecule has 0 unspecified atom stereocenters. The fraction of sp³-hybridized carbons (Fsp3) is 0.385. The molecule has 106 valence electrons. The van der Waals surface area contributed by atoms with Crippen molar-refractivity contribution in [2.45, 2.75) is 13.5 Å². The number of ether oxygens (including phenoxy) is 1. The highest BCUT2D eigenvalue weighted by Crippen LogP contribution is 2.14. The average Bonchev–Trinajstić information content (AvgIpc) is 2.88. The van der Waals surface area contributed by atoms with E-state index < -0.39 is 5.97 Å². The van der Waals surface area contributed by atoms with E-state index in [1.807, 2.05) is 6.92 Å². The van der Waals surface area contributed by atoms with E-state index in [4.69, 9.17) is 0 Å². The second-order valence-electron chi connectivity index (χ2n) is 4.35. The summed E-state index contributed by atoms with van der Waals surface area (Å²) >= 11 is 0. The van der Waals surface area contributed by atoms with Crippen molar-refractivity contribution >= 4 is 22.9 Å². The molecule has 0 N–H and O–H groups in total. The zero-order valence-electron chi connectivity index (χ0n) is 11.7. The van der Waals surface area contributed by atoms with Gasteiger partial charge in [-0.25, -0.2) is 4.68 Å². The van der Waals surface area contributed by atoms with E-state index in [1.165, 1.54) is 12.0 Å². The van der Waals surface area contributed by atoms with Crippen LogP contribution < -0.4 is 0 Å². The Morgan fingerprint density at radius 1 is 1.40 bits per heavy atom. The number of aryl methyl sites for hydroxylation is 1. The number of carbonyl (C=O) groups excluding carboxylic acids is 2. The molecule has 20 heavy (non-hydrogen) atoms. The fourth-order valence-corrected chi connectivity index (χ4v) is 1.89. The standard InChI is InChI=1S/C13H16N4O3/c1-4-17-11-6-5-9(7-10(11)14-15-17)13(19)16(2)8-12(18)20-3/h5-7H,4,8H2,1-3H3. The first-order valence-corrected chi connectivity index (χ1v) is 6.22. The summed E-state index contributed by atoms with van der Waals surface area (Å²) in [6, 6.07) is 5.18. The highest BCUT2D eigenvalue weighted by molar-refractivity contribution is 5.98. The maximum absolute atomic E-state index is 12.2. The van der Waals surface area contributed by atoms with Crippen LogP contribution in [0.3, 0.4) is 0 Å². The van der Waals surface area contributed by atoms with E-state index in [9.17, 15) is 9.59 Å². The Morgan fingerprint density at radius 2 is 2.15 bits per heavy atom. The van der Waals surface area contributed by atoms with Gasteiger partial charge in [-0.15, -0.1) is 5.10 Å². The van der Waals surface area contributed by atoms with Crippen LogP contribution in [0.2, 0.25) is 0 Å². The van der Waals surface area contributed by atoms with Gasteiger partial charge in [0.25, 0.3) is 5.91 Å². The lowest BCUT2D eigenvalue weighted by Gasteiger charge is -2.15. The SMILES string of the molecule is CCn1nnc2cc(C(=O)N(C)CC(=O)OC)ccc21. The molecule has 7 nitrogen and oxygen atoms in total. The van der Waals surface area contributed by atoms with Crippen molar-refractivity contribution in [1.82, 2.24) is 19.9 Å². The Hall–Kier alpha value is -2.44. The molecule has 0 aliphatic heterocycles. The van der Waals surface area contributed by atoms with Crippen LogP contribution in [0.25, 0.3) is 11.0 Å². The minimum atomic E-state index is -0.459. The van der Waals surface area contributed by atoms with Crippen molar-refractivity contribution in [3.8, 4) is 0 Å². The summed E-state index contributed by atoms with van der Waals surface area (Å²) < 4.78 is 6.29. The van der Waals surface area contributed by atoms with Gasteiger partial charge in [-0.05, 0) is 25.1 Å². The van der Waals surface area contributed by atoms with Gasteiger partial charge in [-0.1, -0.05) is 5.21 Å². The van der Waals surface area contributed by atoms with Gasteiger partial charge in [-0.2, -0.15) is 0 Å². The number of hydrogen-bond acceptors (Lipinski definition) is 5. The number of aromatic nitrogens is 3. The summed E-state index contributed by atoms with van der Waals surface area (Å²) in [7, 11) is 2.84. The summed E-state index contributed by atoms with van der Waals surface area (Å²) in [6.07, 6.45) is 0. The number of methoxy groups -OCH3 is 1. The van der Waals surface area contributed by atoms with Crippen molar-refractivity contribution in [2.24, 2.45) is 0 Å². The molecule has 0 bridgehead atoms. The largest absolute Gasteiger partial charge is 0.468 e. The molecule has 0 atom stereocenters. The van der Waals surface area contributed by atoms with E-state index >= 15 is 0 Å². The van der Waals surface area contributed by atoms with Gasteiger partial charge in [-0.3, -0.25) is 9.59 Å². The van der Waals surface area contributed by atoms with Crippen molar-refractivity contribution in [3.63, 3.8) is 0 Å². The van der Waals surface area contributed by atoms with Crippen LogP contribution in [0, 0.1) is 0 Å². The highest BCUT2D eigenvalue weighted by Gasteiger charge is 2.16. The molecule has 2 rings (SSSR count). The monoisotopic (exact) mass is 276 g/mol. The van der Waals surface area contributed by atoms with Crippen LogP contribution in [0.15, 0.2) is 18.2 Å². The Bertz CT molecular complexity index is 650. The van der Waals surface area contributed by atoms with Crippen LogP contribution in [-0.2, 0) is 16.1 Å². The molecule has 1 aromatic carbocycles. The van der Waals surface area contributed by atoms with Crippen molar-refractivity contribution in [2.75, 3.05) is 20.7 Å². The topological polar surface area (TPSA) is 77.3 Å². The van der Waals surface area contributed by atoms with Crippen LogP contribution in [0.4, 0.5) is 0 Å². The van der Waals surface area contributed by atoms with Gasteiger partial charge in [0.15, 0.2) is 0 Å². The predicted octanol–water partition coefficient (Wildman–Crippen LogP) is 0.696. The minimum Gasteiger partial charge on any atom is -0.468 e. The van der Waals surface area contributed by atoms with Crippen LogP contribution in [-0.4, -0.2) is 52.5 Å². The zero-order valence-corrected chi connectivity index (χ0v) is 11.7. The highest BCUT2D eigenvalue weighted by atomic mass is 16.5. The normalized spacial score (nSPS) is 10.6. The first-order valence-electron chi connectivity index (χ1n) is 6.22. The Balaban J connectivity index is 2.24. The van der Waals surface area contributed by atoms with Crippen molar-refractivity contribution in [3.05, 3.63) is 23.8 Å². The lowest BCUT2D eigenvalue weighted by Crippen LogP contribution is -2.32. The zero-order chi connectivity index (χ0) is 14.7. The lowest BCUT2D eigenvalue weighted by atomic mass is 10.1. The summed E-state index contributed by atoms with van der Waals surface area (Å²) in [5, 5.41) is 8.01. The molecular weight excluding hydrogens is 260 g/mol. The maximum atomic E-state index is 12.2. The molecule has 1 heterocycles. The van der Waals surface area contributed by atoms with E-state index in [0.717, 1.165) is 5.52 Å². The summed E-state index contributed by atoms with van der Waals surface area (Å²) in [6.45, 7) is 2.60. The van der Waals surface area contributed by atoms with Crippen molar-refractivity contribution < 1.29 is 14.3 Å². The number of carbonyl (C=O) groups is 2. The number of rotatable bonds is 4. The average molecular weight is 276 g/mol. The molecule has 0 saturated heterocycles. The van der Waals surface area contributed by atoms with Gasteiger partial charge < -0.3 is 9.64 Å². The lowest BCUT2D eigenvalue weighted by molar-refractivity contribution is -0.141. The second kappa shape index (κ2) is 5.68. The van der Waals surface area contributed by atoms with E-state index in [2.05, 4.69) is 15.0 Å². The summed E-state index contributed by atoms with van der Waals surface area (Å²) in [5.74, 6) is -0.720. The van der Waals surface area contributed by atoms with Gasteiger partial charge in [0.05, 0.1) is 12.6 Å². The summed E-state index contributed by atoms with van der Waals surface area (Å²) in [4.78, 5) is 24.7. The van der Waals surface area contributed by atoms with Gasteiger partial charge in [0.1, 0.15) is 12.1 Å². The predicted molar refractivity (Wildman–Crippen MR) is 72.2 cm³/mol. The molecule has 1 amide bonds. The molecular formula is C13H16N4O3. The third-order valence-corrected chi connectivity index (χ3v) is 3.00. The number of fused-ring (bicyclic) bond motifs is 1. The van der Waals surface area contributed by atoms with Gasteiger partial charge in [0.2, 0.25) is 0 Å². The van der Waals surface area contributed by atoms with Gasteiger partial charge in [0, 0.05) is 19.2 Å². The third kappa shape index (κ3) is 2.61. The van der Waals surface area contributed by atoms with Crippen LogP contribution in [0.1, 0.15) is 17.3 Å². The van der Waals surface area contributed by atoms with E-state index in [0.29, 0.717) is 17.6 Å². The molecule has 0 radical (unpaired) electrons. The Morgan fingerprint density at radius 3 is 2.80 bits per heavy atom. The molecule has 0 aliphatic rings. The molecule has 0 aliphatic carbocycles. The number of nitrogens with zero attached hydrogens (tertiary/aromatic N) is 4. The molecule has 0 spiro atoms. The number of likely N-dealkylation sites (N-methyl/N-ethyl adjacent to an activating group) is 1. The van der Waals surface area contributed by atoms with E-state index in [1.54, 1.807) is 29.9 Å². The van der Waals surface area contributed by atoms with Crippen LogP contribution >= 0.6 is 0 Å². The first kappa shape index (κ1) is 14.0. The molecule has 2 aromatic rings. The Labute approximate surface area is 116 Å². The third-order valence-electron chi connectivity index (χ3n) is 3.00. The maximum Gasteiger partial charge on any atom is 0.325 e. The fourth-order valence-electron chi connectivity index (χ4n) is 1.89. The first-order chi connectivity index (χ1) is 9.56. The number of esters is 1. The quantitative estimate of drug-likeness (QED) is 0.768. The Kier molecular flexibility index (Phi) is 3.97. The molecule has 0 fully saturated rings. The van der Waals surface area contributed by atoms with E-state index in [-0.39, 0.29) is 12.5 Å². The summed E-state index contributed by atoms with van der Waals surface area (Å²) in [5.41, 5.74) is 2.00. The molecule has 7 heteroatoms. The van der Waals surface area contributed by atoms with Crippen LogP contribution in [0.5, 0.6) is 0 Å². The number of benzene rings is 1. The smallest absolute Gasteiger partial charge is 0.325 e. The minimum absolute atomic E-state index is 0.0883.